The number of nitrogens with zero attached hydrogens (tertiary/aromatic N) is 3. The molecule has 0 saturated heterocycles. The van der Waals surface area contributed by atoms with Crippen LogP contribution >= 0.6 is 11.3 Å². The van der Waals surface area contributed by atoms with Crippen molar-refractivity contribution in [1.82, 2.24) is 10.2 Å². The number of sulfonamides is 1. The molecule has 5 aromatic rings. The van der Waals surface area contributed by atoms with E-state index in [0.717, 1.165) is 15.4 Å². The molecule has 0 saturated carbocycles. The van der Waals surface area contributed by atoms with Crippen LogP contribution in [0.25, 0.3) is 10.6 Å². The maximum absolute atomic E-state index is 13.7. The van der Waals surface area contributed by atoms with Crippen LogP contribution in [0.2, 0.25) is 0 Å². The quantitative estimate of drug-likeness (QED) is 0.234. The van der Waals surface area contributed by atoms with Crippen LogP contribution in [0.3, 0.4) is 0 Å². The summed E-state index contributed by atoms with van der Waals surface area (Å²) in [5.74, 6) is 0.635. The molecule has 0 unspecified atom stereocenters. The Hall–Kier alpha value is -4.54. The first kappa shape index (κ1) is 26.1. The Morgan fingerprint density at radius 3 is 2.10 bits per heavy atom. The van der Waals surface area contributed by atoms with Crippen molar-refractivity contribution in [2.24, 2.45) is 0 Å². The van der Waals surface area contributed by atoms with E-state index in [4.69, 9.17) is 4.74 Å². The molecule has 10 heteroatoms. The molecule has 1 amide bonds. The van der Waals surface area contributed by atoms with Gasteiger partial charge in [0.1, 0.15) is 23.1 Å². The summed E-state index contributed by atoms with van der Waals surface area (Å²) >= 11 is 1.21. The summed E-state index contributed by atoms with van der Waals surface area (Å²) in [7, 11) is -4.07. The van der Waals surface area contributed by atoms with Crippen LogP contribution in [0.5, 0.6) is 11.5 Å². The van der Waals surface area contributed by atoms with Crippen LogP contribution in [-0.4, -0.2) is 31.1 Å². The number of aryl methyl sites for hydroxylation is 1. The van der Waals surface area contributed by atoms with E-state index in [9.17, 15) is 13.2 Å². The van der Waals surface area contributed by atoms with Crippen molar-refractivity contribution < 1.29 is 17.9 Å². The lowest BCUT2D eigenvalue weighted by Gasteiger charge is -2.24. The third-order valence-corrected chi connectivity index (χ3v) is 8.37. The van der Waals surface area contributed by atoms with E-state index in [-0.39, 0.29) is 10.0 Å². The average molecular weight is 557 g/mol. The number of ether oxygens (including phenoxy) is 1. The van der Waals surface area contributed by atoms with Crippen molar-refractivity contribution in [2.45, 2.75) is 11.8 Å². The molecule has 1 heterocycles. The molecule has 1 N–H and O–H groups in total. The molecule has 5 rings (SSSR count). The predicted octanol–water partition coefficient (Wildman–Crippen LogP) is 6.14. The minimum atomic E-state index is -4.07. The summed E-state index contributed by atoms with van der Waals surface area (Å²) < 4.78 is 34.3. The van der Waals surface area contributed by atoms with E-state index >= 15 is 0 Å². The number of carbonyl (C=O) groups excluding carboxylic acids is 1. The molecule has 0 radical (unpaired) electrons. The monoisotopic (exact) mass is 556 g/mol. The number of hydrogen-bond acceptors (Lipinski definition) is 7. The zero-order chi connectivity index (χ0) is 27.2. The van der Waals surface area contributed by atoms with Crippen molar-refractivity contribution in [3.63, 3.8) is 0 Å². The van der Waals surface area contributed by atoms with Gasteiger partial charge in [0.2, 0.25) is 11.0 Å². The third-order valence-electron chi connectivity index (χ3n) is 5.69. The van der Waals surface area contributed by atoms with Gasteiger partial charge in [-0.1, -0.05) is 77.6 Å². The Labute approximate surface area is 230 Å². The van der Waals surface area contributed by atoms with E-state index in [1.165, 1.54) is 23.5 Å². The summed E-state index contributed by atoms with van der Waals surface area (Å²) in [6.45, 7) is 1.41. The number of benzene rings is 4. The van der Waals surface area contributed by atoms with E-state index in [1.54, 1.807) is 36.4 Å². The van der Waals surface area contributed by atoms with Crippen molar-refractivity contribution in [3.05, 3.63) is 115 Å². The standard InChI is InChI=1S/C29H24N4O4S2/c1-21-12-18-26(19-13-21)39(35,36)33(23-14-16-25(17-15-23)37-24-10-6-3-7-11-24)20-27(34)30-29-32-31-28(38-29)22-8-4-2-5-9-22/h2-19H,20H2,1H3,(H,30,32,34). The van der Waals surface area contributed by atoms with Crippen molar-refractivity contribution in [3.8, 4) is 22.1 Å². The van der Waals surface area contributed by atoms with Gasteiger partial charge in [-0.25, -0.2) is 8.42 Å². The normalized spacial score (nSPS) is 11.1. The third kappa shape index (κ3) is 6.31. The highest BCUT2D eigenvalue weighted by atomic mass is 32.2. The molecule has 0 fully saturated rings. The van der Waals surface area contributed by atoms with Crippen molar-refractivity contribution in [1.29, 1.82) is 0 Å². The molecule has 196 valence electrons. The summed E-state index contributed by atoms with van der Waals surface area (Å²) in [5.41, 5.74) is 2.11. The number of hydrogen-bond donors (Lipinski definition) is 1. The van der Waals surface area contributed by atoms with Crippen molar-refractivity contribution in [2.75, 3.05) is 16.2 Å². The maximum atomic E-state index is 13.7. The molecule has 0 aliphatic heterocycles. The highest BCUT2D eigenvalue weighted by Crippen LogP contribution is 2.29. The highest BCUT2D eigenvalue weighted by Gasteiger charge is 2.28. The van der Waals surface area contributed by atoms with Crippen LogP contribution in [0.1, 0.15) is 5.56 Å². The largest absolute Gasteiger partial charge is 0.457 e. The fourth-order valence-corrected chi connectivity index (χ4v) is 5.90. The number of para-hydroxylation sites is 1. The molecule has 8 nitrogen and oxygen atoms in total. The molecule has 0 bridgehead atoms. The van der Waals surface area contributed by atoms with Gasteiger partial charge in [0.05, 0.1) is 10.6 Å². The van der Waals surface area contributed by atoms with Crippen LogP contribution in [-0.2, 0) is 14.8 Å². The lowest BCUT2D eigenvalue weighted by molar-refractivity contribution is -0.114. The number of anilines is 2. The zero-order valence-electron chi connectivity index (χ0n) is 20.9. The molecule has 0 atom stereocenters. The van der Waals surface area contributed by atoms with E-state index < -0.39 is 22.5 Å². The number of carbonyl (C=O) groups is 1. The molecule has 0 aliphatic rings. The second-order valence-corrected chi connectivity index (χ2v) is 11.4. The van der Waals surface area contributed by atoms with Gasteiger partial charge in [-0.15, -0.1) is 10.2 Å². The Morgan fingerprint density at radius 1 is 0.821 bits per heavy atom. The van der Waals surface area contributed by atoms with Gasteiger partial charge in [0, 0.05) is 5.56 Å². The Morgan fingerprint density at radius 2 is 1.44 bits per heavy atom. The zero-order valence-corrected chi connectivity index (χ0v) is 22.5. The molecule has 0 spiro atoms. The van der Waals surface area contributed by atoms with E-state index in [2.05, 4.69) is 15.5 Å². The Bertz CT molecular complexity index is 1660. The molecular weight excluding hydrogens is 532 g/mol. The fourth-order valence-electron chi connectivity index (χ4n) is 3.72. The lowest BCUT2D eigenvalue weighted by Crippen LogP contribution is -2.38. The van der Waals surface area contributed by atoms with Gasteiger partial charge in [-0.3, -0.25) is 14.4 Å². The van der Waals surface area contributed by atoms with Gasteiger partial charge in [0.25, 0.3) is 10.0 Å². The van der Waals surface area contributed by atoms with Crippen LogP contribution in [0.4, 0.5) is 10.8 Å². The molecule has 1 aromatic heterocycles. The number of rotatable bonds is 9. The summed E-state index contributed by atoms with van der Waals surface area (Å²) in [5, 5.41) is 11.8. The molecule has 39 heavy (non-hydrogen) atoms. The second-order valence-electron chi connectivity index (χ2n) is 8.56. The van der Waals surface area contributed by atoms with Gasteiger partial charge < -0.3 is 4.74 Å². The van der Waals surface area contributed by atoms with Crippen LogP contribution in [0.15, 0.2) is 114 Å². The molecule has 0 aliphatic carbocycles. The first-order valence-corrected chi connectivity index (χ1v) is 14.3. The lowest BCUT2D eigenvalue weighted by atomic mass is 10.2. The van der Waals surface area contributed by atoms with Crippen LogP contribution < -0.4 is 14.4 Å². The predicted molar refractivity (Wildman–Crippen MR) is 153 cm³/mol. The molecular formula is C29H24N4O4S2. The number of aromatic nitrogens is 2. The Balaban J connectivity index is 1.39. The SMILES string of the molecule is Cc1ccc(S(=O)(=O)N(CC(=O)Nc2nnc(-c3ccccc3)s2)c2ccc(Oc3ccccc3)cc2)cc1. The minimum Gasteiger partial charge on any atom is -0.457 e. The highest BCUT2D eigenvalue weighted by molar-refractivity contribution is 7.92. The Kier molecular flexibility index (Phi) is 7.67. The van der Waals surface area contributed by atoms with Gasteiger partial charge in [-0.2, -0.15) is 0 Å². The summed E-state index contributed by atoms with van der Waals surface area (Å²) in [6, 6.07) is 31.7. The van der Waals surface area contributed by atoms with Crippen LogP contribution in [0, 0.1) is 6.92 Å². The van der Waals surface area contributed by atoms with Gasteiger partial charge >= 0.3 is 0 Å². The number of amides is 1. The van der Waals surface area contributed by atoms with Gasteiger partial charge in [0.15, 0.2) is 0 Å². The molecule has 4 aromatic carbocycles. The van der Waals surface area contributed by atoms with Gasteiger partial charge in [-0.05, 0) is 55.5 Å². The summed E-state index contributed by atoms with van der Waals surface area (Å²) in [6.07, 6.45) is 0. The minimum absolute atomic E-state index is 0.0767. The van der Waals surface area contributed by atoms with E-state index in [0.29, 0.717) is 22.2 Å². The number of nitrogens with one attached hydrogen (secondary N) is 1. The maximum Gasteiger partial charge on any atom is 0.264 e. The topological polar surface area (TPSA) is 101 Å². The van der Waals surface area contributed by atoms with E-state index in [1.807, 2.05) is 67.6 Å². The first-order chi connectivity index (χ1) is 18.9. The first-order valence-electron chi connectivity index (χ1n) is 12.0. The smallest absolute Gasteiger partial charge is 0.264 e. The summed E-state index contributed by atoms with van der Waals surface area (Å²) in [4.78, 5) is 13.2. The second kappa shape index (κ2) is 11.5. The fraction of sp³-hybridized carbons (Fsp3) is 0.0690. The average Bonchev–Trinajstić information content (AvgIpc) is 3.42. The van der Waals surface area contributed by atoms with Crippen molar-refractivity contribution >= 4 is 38.1 Å².